The molecule has 0 saturated heterocycles. The van der Waals surface area contributed by atoms with Crippen molar-refractivity contribution < 1.29 is 9.59 Å². The summed E-state index contributed by atoms with van der Waals surface area (Å²) in [5.74, 6) is -0.719. The minimum Gasteiger partial charge on any atom is -0.337 e. The number of carbonyl (C=O) groups excluding carboxylic acids is 2. The molecule has 1 aromatic heterocycles. The lowest BCUT2D eigenvalue weighted by molar-refractivity contribution is -0.116. The Morgan fingerprint density at radius 1 is 1.00 bits per heavy atom. The van der Waals surface area contributed by atoms with Gasteiger partial charge in [-0.15, -0.1) is 0 Å². The van der Waals surface area contributed by atoms with Crippen molar-refractivity contribution in [2.24, 2.45) is 0 Å². The maximum Gasteiger partial charge on any atom is 0.266 e. The van der Waals surface area contributed by atoms with Crippen LogP contribution < -0.4 is 10.6 Å². The number of nitriles is 1. The van der Waals surface area contributed by atoms with Crippen LogP contribution >= 0.6 is 11.6 Å². The van der Waals surface area contributed by atoms with Crippen LogP contribution in [-0.4, -0.2) is 16.4 Å². The molecule has 0 aliphatic heterocycles. The maximum atomic E-state index is 12.8. The average molecular weight is 469 g/mol. The number of hydrogen-bond donors (Lipinski definition) is 2. The molecule has 0 atom stereocenters. The van der Waals surface area contributed by atoms with Gasteiger partial charge in [0.25, 0.3) is 5.91 Å². The molecule has 7 heteroatoms. The van der Waals surface area contributed by atoms with Gasteiger partial charge in [0.15, 0.2) is 0 Å². The molecule has 0 unspecified atom stereocenters. The highest BCUT2D eigenvalue weighted by atomic mass is 35.5. The Morgan fingerprint density at radius 3 is 2.50 bits per heavy atom. The van der Waals surface area contributed by atoms with Gasteiger partial charge in [-0.2, -0.15) is 5.26 Å². The number of anilines is 2. The van der Waals surface area contributed by atoms with E-state index in [1.165, 1.54) is 6.08 Å². The average Bonchev–Trinajstić information content (AvgIpc) is 3.18. The van der Waals surface area contributed by atoms with Crippen molar-refractivity contribution in [3.63, 3.8) is 0 Å². The summed E-state index contributed by atoms with van der Waals surface area (Å²) in [5.41, 5.74) is 3.40. The number of carbonyl (C=O) groups is 2. The molecule has 1 heterocycles. The van der Waals surface area contributed by atoms with Gasteiger partial charge < -0.3 is 15.2 Å². The lowest BCUT2D eigenvalue weighted by Gasteiger charge is -2.08. The SMILES string of the molecule is Cc1c(Cl)cccc1NC(=O)/C(C#N)=C/c1cn(CC(=O)Nc2ccccc2)c2ccccc12. The van der Waals surface area contributed by atoms with E-state index < -0.39 is 5.91 Å². The summed E-state index contributed by atoms with van der Waals surface area (Å²) in [6.45, 7) is 1.88. The number of fused-ring (bicyclic) bond motifs is 1. The number of nitrogens with zero attached hydrogens (tertiary/aromatic N) is 2. The number of benzene rings is 3. The zero-order chi connectivity index (χ0) is 24.1. The van der Waals surface area contributed by atoms with Gasteiger partial charge in [-0.25, -0.2) is 0 Å². The van der Waals surface area contributed by atoms with E-state index in [4.69, 9.17) is 11.6 Å². The molecule has 2 N–H and O–H groups in total. The largest absolute Gasteiger partial charge is 0.337 e. The van der Waals surface area contributed by atoms with Crippen molar-refractivity contribution in [1.29, 1.82) is 5.26 Å². The van der Waals surface area contributed by atoms with Crippen LogP contribution in [0.1, 0.15) is 11.1 Å². The molecule has 0 bridgehead atoms. The maximum absolute atomic E-state index is 12.8. The lowest BCUT2D eigenvalue weighted by atomic mass is 10.1. The van der Waals surface area contributed by atoms with Crippen LogP contribution in [-0.2, 0) is 16.1 Å². The first kappa shape index (κ1) is 22.8. The molecule has 0 aliphatic rings. The summed E-state index contributed by atoms with van der Waals surface area (Å²) < 4.78 is 1.80. The van der Waals surface area contributed by atoms with Crippen LogP contribution in [0.4, 0.5) is 11.4 Å². The smallest absolute Gasteiger partial charge is 0.266 e. The van der Waals surface area contributed by atoms with Gasteiger partial charge in [-0.05, 0) is 48.9 Å². The minimum atomic E-state index is -0.536. The zero-order valence-corrected chi connectivity index (χ0v) is 19.1. The number of hydrogen-bond acceptors (Lipinski definition) is 3. The van der Waals surface area contributed by atoms with Crippen LogP contribution in [0.2, 0.25) is 5.02 Å². The Labute approximate surface area is 202 Å². The van der Waals surface area contributed by atoms with Crippen molar-refractivity contribution in [3.8, 4) is 6.07 Å². The predicted molar refractivity (Wildman–Crippen MR) is 135 cm³/mol. The van der Waals surface area contributed by atoms with Gasteiger partial charge in [-0.3, -0.25) is 9.59 Å². The number of rotatable bonds is 6. The number of halogens is 1. The Balaban J connectivity index is 1.62. The Hall–Kier alpha value is -4.34. The molecule has 0 radical (unpaired) electrons. The van der Waals surface area contributed by atoms with Gasteiger partial charge in [0, 0.05) is 39.1 Å². The van der Waals surface area contributed by atoms with Crippen molar-refractivity contribution in [3.05, 3.63) is 101 Å². The van der Waals surface area contributed by atoms with Gasteiger partial charge in [0.05, 0.1) is 0 Å². The van der Waals surface area contributed by atoms with E-state index in [2.05, 4.69) is 10.6 Å². The molecule has 4 aromatic rings. The Kier molecular flexibility index (Phi) is 6.77. The molecule has 34 heavy (non-hydrogen) atoms. The quantitative estimate of drug-likeness (QED) is 0.277. The van der Waals surface area contributed by atoms with Crippen molar-refractivity contribution in [1.82, 2.24) is 4.57 Å². The van der Waals surface area contributed by atoms with Gasteiger partial charge >= 0.3 is 0 Å². The molecular weight excluding hydrogens is 448 g/mol. The number of aromatic nitrogens is 1. The standard InChI is InChI=1S/C27H21ClN4O2/c1-18-23(28)11-7-12-24(18)31-27(34)19(15-29)14-20-16-32(25-13-6-5-10-22(20)25)17-26(33)30-21-8-3-2-4-9-21/h2-14,16H,17H2,1H3,(H,30,33)(H,31,34)/b19-14+. The summed E-state index contributed by atoms with van der Waals surface area (Å²) in [5, 5.41) is 16.6. The van der Waals surface area contributed by atoms with Crippen molar-refractivity contribution in [2.45, 2.75) is 13.5 Å². The van der Waals surface area contributed by atoms with E-state index in [-0.39, 0.29) is 18.0 Å². The normalized spacial score (nSPS) is 11.1. The molecule has 0 saturated carbocycles. The molecule has 4 rings (SSSR count). The van der Waals surface area contributed by atoms with E-state index in [1.807, 2.05) is 60.7 Å². The van der Waals surface area contributed by atoms with E-state index in [1.54, 1.807) is 35.9 Å². The summed E-state index contributed by atoms with van der Waals surface area (Å²) in [6, 6.07) is 23.9. The summed E-state index contributed by atoms with van der Waals surface area (Å²) in [6.07, 6.45) is 3.30. The van der Waals surface area contributed by atoms with Crippen molar-refractivity contribution in [2.75, 3.05) is 10.6 Å². The number of nitrogens with one attached hydrogen (secondary N) is 2. The molecule has 0 aliphatic carbocycles. The fourth-order valence-electron chi connectivity index (χ4n) is 3.63. The third-order valence-corrected chi connectivity index (χ3v) is 5.78. The Bertz CT molecular complexity index is 1450. The second kappa shape index (κ2) is 10.1. The van der Waals surface area contributed by atoms with Gasteiger partial charge in [-0.1, -0.05) is 54.1 Å². The highest BCUT2D eigenvalue weighted by Gasteiger charge is 2.15. The number of amides is 2. The fraction of sp³-hybridized carbons (Fsp3) is 0.0741. The minimum absolute atomic E-state index is 0.0592. The highest BCUT2D eigenvalue weighted by molar-refractivity contribution is 6.31. The summed E-state index contributed by atoms with van der Waals surface area (Å²) in [7, 11) is 0. The molecule has 168 valence electrons. The second-order valence-electron chi connectivity index (χ2n) is 7.68. The van der Waals surface area contributed by atoms with E-state index in [0.29, 0.717) is 22.0 Å². The van der Waals surface area contributed by atoms with Crippen LogP contribution in [0, 0.1) is 18.3 Å². The third-order valence-electron chi connectivity index (χ3n) is 5.37. The highest BCUT2D eigenvalue weighted by Crippen LogP contribution is 2.26. The van der Waals surface area contributed by atoms with Crippen molar-refractivity contribution >= 4 is 51.8 Å². The van der Waals surface area contributed by atoms with E-state index in [0.717, 1.165) is 16.5 Å². The number of para-hydroxylation sites is 2. The third kappa shape index (κ3) is 5.01. The second-order valence-corrected chi connectivity index (χ2v) is 8.09. The Morgan fingerprint density at radius 2 is 1.74 bits per heavy atom. The van der Waals surface area contributed by atoms with Crippen LogP contribution in [0.5, 0.6) is 0 Å². The first-order valence-electron chi connectivity index (χ1n) is 10.6. The van der Waals surface area contributed by atoms with Crippen LogP contribution in [0.3, 0.4) is 0 Å². The van der Waals surface area contributed by atoms with Crippen LogP contribution in [0.25, 0.3) is 17.0 Å². The summed E-state index contributed by atoms with van der Waals surface area (Å²) in [4.78, 5) is 25.4. The topological polar surface area (TPSA) is 86.9 Å². The van der Waals surface area contributed by atoms with Crippen LogP contribution in [0.15, 0.2) is 84.6 Å². The molecule has 3 aromatic carbocycles. The molecule has 6 nitrogen and oxygen atoms in total. The van der Waals surface area contributed by atoms with E-state index >= 15 is 0 Å². The molecule has 0 spiro atoms. The summed E-state index contributed by atoms with van der Waals surface area (Å²) >= 11 is 6.13. The lowest BCUT2D eigenvalue weighted by Crippen LogP contribution is -2.18. The first-order valence-corrected chi connectivity index (χ1v) is 10.9. The monoisotopic (exact) mass is 468 g/mol. The zero-order valence-electron chi connectivity index (χ0n) is 18.4. The van der Waals surface area contributed by atoms with Gasteiger partial charge in [0.2, 0.25) is 5.91 Å². The molecular formula is C27H21ClN4O2. The predicted octanol–water partition coefficient (Wildman–Crippen LogP) is 5.79. The van der Waals surface area contributed by atoms with E-state index in [9.17, 15) is 14.9 Å². The molecule has 0 fully saturated rings. The first-order chi connectivity index (χ1) is 16.5. The fourth-order valence-corrected chi connectivity index (χ4v) is 3.81. The van der Waals surface area contributed by atoms with Gasteiger partial charge in [0.1, 0.15) is 18.2 Å². The molecule has 2 amide bonds.